The summed E-state index contributed by atoms with van der Waals surface area (Å²) in [5.74, 6) is 0.835. The number of carbonyl (C=O) groups is 1. The summed E-state index contributed by atoms with van der Waals surface area (Å²) in [5, 5.41) is 3.05. The lowest BCUT2D eigenvalue weighted by Gasteiger charge is -2.30. The third-order valence-corrected chi connectivity index (χ3v) is 5.46. The zero-order valence-corrected chi connectivity index (χ0v) is 14.9. The van der Waals surface area contributed by atoms with Crippen molar-refractivity contribution in [3.63, 3.8) is 0 Å². The molecule has 2 unspecified atom stereocenters. The maximum atomic E-state index is 12.8. The maximum absolute atomic E-state index is 12.8. The van der Waals surface area contributed by atoms with Crippen LogP contribution in [0.2, 0.25) is 0 Å². The summed E-state index contributed by atoms with van der Waals surface area (Å²) in [6, 6.07) is 7.71. The van der Waals surface area contributed by atoms with Gasteiger partial charge in [-0.15, -0.1) is 0 Å². The number of nitrogens with zero attached hydrogens (tertiary/aromatic N) is 1. The van der Waals surface area contributed by atoms with Gasteiger partial charge >= 0.3 is 0 Å². The van der Waals surface area contributed by atoms with Gasteiger partial charge in [-0.1, -0.05) is 6.07 Å². The number of hydrogen-bond acceptors (Lipinski definition) is 4. The minimum atomic E-state index is -0.553. The van der Waals surface area contributed by atoms with Crippen molar-refractivity contribution in [2.75, 3.05) is 26.0 Å². The van der Waals surface area contributed by atoms with E-state index < -0.39 is 5.54 Å². The summed E-state index contributed by atoms with van der Waals surface area (Å²) in [5.41, 5.74) is 0.231. The number of likely N-dealkylation sites (N-methyl/N-ethyl adjacent to an activating group) is 1. The zero-order chi connectivity index (χ0) is 17.2. The molecule has 1 amide bonds. The van der Waals surface area contributed by atoms with Gasteiger partial charge in [0.15, 0.2) is 0 Å². The summed E-state index contributed by atoms with van der Waals surface area (Å²) in [4.78, 5) is 14.9. The molecule has 1 heterocycles. The van der Waals surface area contributed by atoms with E-state index in [-0.39, 0.29) is 12.0 Å². The van der Waals surface area contributed by atoms with Crippen molar-refractivity contribution in [2.45, 2.75) is 56.8 Å². The van der Waals surface area contributed by atoms with Crippen molar-refractivity contribution < 1.29 is 14.3 Å². The Morgan fingerprint density at radius 2 is 2.04 bits per heavy atom. The Balaban J connectivity index is 1.65. The van der Waals surface area contributed by atoms with Gasteiger partial charge in [0.25, 0.3) is 0 Å². The average Bonchev–Trinajstić information content (AvgIpc) is 3.17. The molecule has 3 rings (SSSR count). The second-order valence-corrected chi connectivity index (χ2v) is 7.22. The summed E-state index contributed by atoms with van der Waals surface area (Å²) >= 11 is 0. The van der Waals surface area contributed by atoms with E-state index in [9.17, 15) is 4.79 Å². The van der Waals surface area contributed by atoms with Gasteiger partial charge in [-0.05, 0) is 51.8 Å². The fourth-order valence-corrected chi connectivity index (χ4v) is 3.71. The summed E-state index contributed by atoms with van der Waals surface area (Å²) in [6.45, 7) is 2.74. The number of hydrogen-bond donors (Lipinski definition) is 1. The van der Waals surface area contributed by atoms with Gasteiger partial charge in [-0.25, -0.2) is 0 Å². The van der Waals surface area contributed by atoms with Gasteiger partial charge in [0.05, 0.1) is 12.2 Å². The van der Waals surface area contributed by atoms with Gasteiger partial charge in [0.1, 0.15) is 11.3 Å². The predicted octanol–water partition coefficient (Wildman–Crippen LogP) is 3.06. The number of likely N-dealkylation sites (tertiary alicyclic amines) is 1. The fourth-order valence-electron chi connectivity index (χ4n) is 3.71. The summed E-state index contributed by atoms with van der Waals surface area (Å²) < 4.78 is 11.5. The highest BCUT2D eigenvalue weighted by Crippen LogP contribution is 2.31. The molecule has 1 aliphatic heterocycles. The molecule has 0 aromatic heterocycles. The van der Waals surface area contributed by atoms with Crippen molar-refractivity contribution in [1.82, 2.24) is 4.90 Å². The molecular formula is C19H28N2O3. The first-order valence-corrected chi connectivity index (χ1v) is 8.83. The van der Waals surface area contributed by atoms with Crippen LogP contribution in [0.4, 0.5) is 5.69 Å². The first kappa shape index (κ1) is 17.2. The normalized spacial score (nSPS) is 28.2. The molecule has 1 saturated carbocycles. The van der Waals surface area contributed by atoms with E-state index in [1.807, 2.05) is 38.2 Å². The van der Waals surface area contributed by atoms with E-state index in [0.717, 1.165) is 30.8 Å². The molecule has 5 heteroatoms. The standard InChI is InChI=1S/C19H28N2O3/c1-19(12-17(23-3)13-21(19)2)18(22)20-14-7-6-10-16(11-14)24-15-8-4-5-9-15/h6-7,10-11,15,17H,4-5,8-9,12-13H2,1-3H3,(H,20,22). The van der Waals surface area contributed by atoms with Crippen LogP contribution in [0.15, 0.2) is 24.3 Å². The number of carbonyl (C=O) groups excluding carboxylic acids is 1. The Morgan fingerprint density at radius 3 is 2.71 bits per heavy atom. The third-order valence-electron chi connectivity index (χ3n) is 5.46. The van der Waals surface area contributed by atoms with E-state index in [0.29, 0.717) is 12.5 Å². The smallest absolute Gasteiger partial charge is 0.244 e. The molecular weight excluding hydrogens is 304 g/mol. The van der Waals surface area contributed by atoms with Crippen molar-refractivity contribution in [3.05, 3.63) is 24.3 Å². The Morgan fingerprint density at radius 1 is 1.29 bits per heavy atom. The van der Waals surface area contributed by atoms with Crippen molar-refractivity contribution in [1.29, 1.82) is 0 Å². The SMILES string of the molecule is COC1CN(C)C(C)(C(=O)Nc2cccc(OC3CCCC3)c2)C1. The Hall–Kier alpha value is -1.59. The first-order chi connectivity index (χ1) is 11.5. The minimum absolute atomic E-state index is 0.00238. The Bertz CT molecular complexity index is 586. The lowest BCUT2D eigenvalue weighted by molar-refractivity contribution is -0.125. The van der Waals surface area contributed by atoms with E-state index >= 15 is 0 Å². The van der Waals surface area contributed by atoms with Crippen LogP contribution in [0.5, 0.6) is 5.75 Å². The minimum Gasteiger partial charge on any atom is -0.490 e. The maximum Gasteiger partial charge on any atom is 0.244 e. The number of rotatable bonds is 5. The van der Waals surface area contributed by atoms with E-state index in [1.165, 1.54) is 12.8 Å². The van der Waals surface area contributed by atoms with Crippen LogP contribution in [0.1, 0.15) is 39.0 Å². The number of ether oxygens (including phenoxy) is 2. The number of amides is 1. The van der Waals surface area contributed by atoms with Crippen LogP contribution in [0.3, 0.4) is 0 Å². The summed E-state index contributed by atoms with van der Waals surface area (Å²) in [7, 11) is 3.67. The molecule has 1 aliphatic carbocycles. The van der Waals surface area contributed by atoms with Crippen LogP contribution < -0.4 is 10.1 Å². The van der Waals surface area contributed by atoms with Crippen molar-refractivity contribution in [3.8, 4) is 5.75 Å². The number of methoxy groups -OCH3 is 1. The Kier molecular flexibility index (Phi) is 5.11. The lowest BCUT2D eigenvalue weighted by atomic mass is 9.97. The zero-order valence-electron chi connectivity index (χ0n) is 14.9. The van der Waals surface area contributed by atoms with Crippen LogP contribution in [-0.2, 0) is 9.53 Å². The molecule has 2 aliphatic rings. The highest BCUT2D eigenvalue weighted by molar-refractivity contribution is 5.98. The van der Waals surface area contributed by atoms with Crippen LogP contribution >= 0.6 is 0 Å². The highest BCUT2D eigenvalue weighted by atomic mass is 16.5. The van der Waals surface area contributed by atoms with Crippen LogP contribution in [0.25, 0.3) is 0 Å². The van der Waals surface area contributed by atoms with Crippen LogP contribution in [-0.4, -0.2) is 49.3 Å². The predicted molar refractivity (Wildman–Crippen MR) is 94.4 cm³/mol. The van der Waals surface area contributed by atoms with Gasteiger partial charge in [-0.2, -0.15) is 0 Å². The molecule has 0 bridgehead atoms. The lowest BCUT2D eigenvalue weighted by Crippen LogP contribution is -2.48. The van der Waals surface area contributed by atoms with Gasteiger partial charge in [0.2, 0.25) is 5.91 Å². The molecule has 24 heavy (non-hydrogen) atoms. The van der Waals surface area contributed by atoms with Gasteiger partial charge < -0.3 is 14.8 Å². The Labute approximate surface area is 144 Å². The second-order valence-electron chi connectivity index (χ2n) is 7.22. The second kappa shape index (κ2) is 7.11. The molecule has 2 fully saturated rings. The third kappa shape index (κ3) is 3.57. The quantitative estimate of drug-likeness (QED) is 0.900. The summed E-state index contributed by atoms with van der Waals surface area (Å²) in [6.07, 6.45) is 5.85. The monoisotopic (exact) mass is 332 g/mol. The molecule has 1 aromatic rings. The van der Waals surface area contributed by atoms with Gasteiger partial charge in [0, 0.05) is 31.8 Å². The van der Waals surface area contributed by atoms with Crippen LogP contribution in [0, 0.1) is 0 Å². The van der Waals surface area contributed by atoms with E-state index in [4.69, 9.17) is 9.47 Å². The molecule has 5 nitrogen and oxygen atoms in total. The molecule has 1 N–H and O–H groups in total. The van der Waals surface area contributed by atoms with Gasteiger partial charge in [-0.3, -0.25) is 9.69 Å². The van der Waals surface area contributed by atoms with E-state index in [2.05, 4.69) is 10.2 Å². The molecule has 2 atom stereocenters. The number of benzene rings is 1. The fraction of sp³-hybridized carbons (Fsp3) is 0.632. The van der Waals surface area contributed by atoms with Crippen molar-refractivity contribution in [2.24, 2.45) is 0 Å². The molecule has 1 saturated heterocycles. The first-order valence-electron chi connectivity index (χ1n) is 8.83. The highest BCUT2D eigenvalue weighted by Gasteiger charge is 2.45. The number of nitrogens with one attached hydrogen (secondary N) is 1. The average molecular weight is 332 g/mol. The molecule has 132 valence electrons. The topological polar surface area (TPSA) is 50.8 Å². The van der Waals surface area contributed by atoms with E-state index in [1.54, 1.807) is 7.11 Å². The molecule has 1 aromatic carbocycles. The number of anilines is 1. The molecule has 0 spiro atoms. The van der Waals surface area contributed by atoms with Crippen molar-refractivity contribution >= 4 is 11.6 Å². The largest absolute Gasteiger partial charge is 0.490 e. The molecule has 0 radical (unpaired) electrons.